The number of carbonyl (C=O) groups excluding carboxylic acids is 2. The molecule has 0 aliphatic carbocycles. The molecule has 3 amide bonds. The van der Waals surface area contributed by atoms with Crippen molar-refractivity contribution < 1.29 is 32.4 Å². The van der Waals surface area contributed by atoms with E-state index in [0.717, 1.165) is 0 Å². The van der Waals surface area contributed by atoms with E-state index in [1.807, 2.05) is 6.92 Å². The zero-order valence-corrected chi connectivity index (χ0v) is 25.1. The number of fused-ring (bicyclic) bond motifs is 1. The number of nitrogens with one attached hydrogen (secondary N) is 2. The SMILES string of the molecule is Cc1noc(C)c1NC(=O)N(C)C[C@H]1Oc2ccc(NS(=O)(=O)c3ccccc3)cc2CC(=O)N([C@@H](C)CO)C[C@H]1C. The molecule has 3 aromatic rings. The first kappa shape index (κ1) is 30.8. The van der Waals surface area contributed by atoms with Gasteiger partial charge in [-0.15, -0.1) is 0 Å². The summed E-state index contributed by atoms with van der Waals surface area (Å²) in [5.41, 5.74) is 1.81. The minimum absolute atomic E-state index is 0.0671. The van der Waals surface area contributed by atoms with Crippen LogP contribution in [0.4, 0.5) is 16.2 Å². The summed E-state index contributed by atoms with van der Waals surface area (Å²) in [5.74, 6) is 0.419. The van der Waals surface area contributed by atoms with E-state index in [4.69, 9.17) is 9.26 Å². The molecule has 2 heterocycles. The summed E-state index contributed by atoms with van der Waals surface area (Å²) < 4.78 is 40.0. The molecule has 0 saturated heterocycles. The molecule has 3 N–H and O–H groups in total. The number of urea groups is 1. The van der Waals surface area contributed by atoms with E-state index in [1.165, 1.54) is 17.0 Å². The molecule has 0 unspecified atom stereocenters. The van der Waals surface area contributed by atoms with Crippen molar-refractivity contribution >= 4 is 33.3 Å². The van der Waals surface area contributed by atoms with Crippen LogP contribution in [0.25, 0.3) is 0 Å². The summed E-state index contributed by atoms with van der Waals surface area (Å²) in [5, 5.41) is 16.6. The van der Waals surface area contributed by atoms with E-state index >= 15 is 0 Å². The number of nitrogens with zero attached hydrogens (tertiary/aromatic N) is 3. The predicted molar refractivity (Wildman–Crippen MR) is 157 cm³/mol. The summed E-state index contributed by atoms with van der Waals surface area (Å²) in [6.45, 7) is 7.34. The van der Waals surface area contributed by atoms with Crippen LogP contribution < -0.4 is 14.8 Å². The second kappa shape index (κ2) is 12.8. The average Bonchev–Trinajstić information content (AvgIpc) is 3.29. The van der Waals surface area contributed by atoms with Crippen LogP contribution in [-0.2, 0) is 21.2 Å². The lowest BCUT2D eigenvalue weighted by molar-refractivity contribution is -0.134. The summed E-state index contributed by atoms with van der Waals surface area (Å²) in [6.07, 6.45) is -0.613. The Kier molecular flexibility index (Phi) is 9.42. The van der Waals surface area contributed by atoms with Crippen LogP contribution in [-0.4, -0.2) is 79.3 Å². The van der Waals surface area contributed by atoms with Crippen molar-refractivity contribution in [3.63, 3.8) is 0 Å². The Morgan fingerprint density at radius 2 is 1.93 bits per heavy atom. The molecule has 4 rings (SSSR count). The van der Waals surface area contributed by atoms with Gasteiger partial charge in [-0.2, -0.15) is 0 Å². The second-order valence-electron chi connectivity index (χ2n) is 10.6. The molecule has 12 nitrogen and oxygen atoms in total. The van der Waals surface area contributed by atoms with E-state index < -0.39 is 22.2 Å². The number of hydrogen-bond donors (Lipinski definition) is 3. The van der Waals surface area contributed by atoms with E-state index in [0.29, 0.717) is 28.5 Å². The number of likely N-dealkylation sites (N-methyl/N-ethyl adjacent to an activating group) is 1. The van der Waals surface area contributed by atoms with E-state index in [9.17, 15) is 23.1 Å². The number of ether oxygens (including phenoxy) is 1. The predicted octanol–water partition coefficient (Wildman–Crippen LogP) is 3.41. The van der Waals surface area contributed by atoms with E-state index in [-0.39, 0.29) is 54.6 Å². The van der Waals surface area contributed by atoms with E-state index in [2.05, 4.69) is 15.2 Å². The molecule has 2 aromatic carbocycles. The van der Waals surface area contributed by atoms with Gasteiger partial charge in [0, 0.05) is 30.8 Å². The first-order chi connectivity index (χ1) is 19.9. The van der Waals surface area contributed by atoms with Gasteiger partial charge in [-0.3, -0.25) is 9.52 Å². The Morgan fingerprint density at radius 3 is 2.57 bits per heavy atom. The molecule has 0 radical (unpaired) electrons. The number of carbonyl (C=O) groups is 2. The Bertz CT molecular complexity index is 1510. The summed E-state index contributed by atoms with van der Waals surface area (Å²) in [6, 6.07) is 11.9. The molecule has 1 aliphatic rings. The van der Waals surface area contributed by atoms with Crippen molar-refractivity contribution in [1.29, 1.82) is 0 Å². The molecule has 1 aromatic heterocycles. The number of sulfonamides is 1. The summed E-state index contributed by atoms with van der Waals surface area (Å²) in [4.78, 5) is 29.7. The number of aryl methyl sites for hydroxylation is 2. The molecule has 0 fully saturated rings. The Labute approximate surface area is 245 Å². The highest BCUT2D eigenvalue weighted by molar-refractivity contribution is 7.92. The quantitative estimate of drug-likeness (QED) is 0.356. The summed E-state index contributed by atoms with van der Waals surface area (Å²) in [7, 11) is -2.22. The lowest BCUT2D eigenvalue weighted by Gasteiger charge is -2.34. The molecule has 1 aliphatic heterocycles. The number of rotatable bonds is 8. The van der Waals surface area contributed by atoms with Crippen LogP contribution in [0.5, 0.6) is 5.75 Å². The first-order valence-electron chi connectivity index (χ1n) is 13.6. The Hall–Kier alpha value is -4.10. The Balaban J connectivity index is 1.62. The van der Waals surface area contributed by atoms with Crippen LogP contribution in [0.3, 0.4) is 0 Å². The maximum absolute atomic E-state index is 13.5. The largest absolute Gasteiger partial charge is 0.488 e. The monoisotopic (exact) mass is 599 g/mol. The highest BCUT2D eigenvalue weighted by Gasteiger charge is 2.32. The third-order valence-electron chi connectivity index (χ3n) is 7.29. The molecule has 0 saturated carbocycles. The third-order valence-corrected chi connectivity index (χ3v) is 8.69. The molecule has 42 heavy (non-hydrogen) atoms. The number of benzene rings is 2. The number of aliphatic hydroxyl groups is 1. The number of amides is 3. The van der Waals surface area contributed by atoms with Crippen molar-refractivity contribution in [3.05, 3.63) is 65.5 Å². The topological polar surface area (TPSA) is 154 Å². The lowest BCUT2D eigenvalue weighted by atomic mass is 10.0. The maximum Gasteiger partial charge on any atom is 0.321 e. The fourth-order valence-electron chi connectivity index (χ4n) is 4.74. The highest BCUT2D eigenvalue weighted by atomic mass is 32.2. The highest BCUT2D eigenvalue weighted by Crippen LogP contribution is 2.30. The van der Waals surface area contributed by atoms with Crippen LogP contribution >= 0.6 is 0 Å². The van der Waals surface area contributed by atoms with Gasteiger partial charge in [0.1, 0.15) is 23.2 Å². The van der Waals surface area contributed by atoms with Gasteiger partial charge in [0.05, 0.1) is 30.5 Å². The van der Waals surface area contributed by atoms with Crippen LogP contribution in [0.1, 0.15) is 30.9 Å². The van der Waals surface area contributed by atoms with Crippen LogP contribution in [0.2, 0.25) is 0 Å². The van der Waals surface area contributed by atoms with Gasteiger partial charge in [0.15, 0.2) is 5.76 Å². The number of aromatic nitrogens is 1. The fraction of sp³-hybridized carbons (Fsp3) is 0.414. The fourth-order valence-corrected chi connectivity index (χ4v) is 5.81. The van der Waals surface area contributed by atoms with Gasteiger partial charge < -0.3 is 29.5 Å². The van der Waals surface area contributed by atoms with Gasteiger partial charge in [-0.1, -0.05) is 30.3 Å². The molecular weight excluding hydrogens is 562 g/mol. The number of aliphatic hydroxyl groups excluding tert-OH is 1. The van der Waals surface area contributed by atoms with Gasteiger partial charge in [0.2, 0.25) is 5.91 Å². The van der Waals surface area contributed by atoms with Gasteiger partial charge in [0.25, 0.3) is 10.0 Å². The average molecular weight is 600 g/mol. The lowest BCUT2D eigenvalue weighted by Crippen LogP contribution is -2.48. The van der Waals surface area contributed by atoms with Crippen LogP contribution in [0, 0.1) is 19.8 Å². The maximum atomic E-state index is 13.5. The molecule has 226 valence electrons. The van der Waals surface area contributed by atoms with Gasteiger partial charge in [-0.25, -0.2) is 13.2 Å². The zero-order chi connectivity index (χ0) is 30.6. The smallest absolute Gasteiger partial charge is 0.321 e. The third kappa shape index (κ3) is 7.02. The molecule has 0 bridgehead atoms. The second-order valence-corrected chi connectivity index (χ2v) is 12.3. The van der Waals surface area contributed by atoms with Crippen molar-refractivity contribution in [3.8, 4) is 5.75 Å². The van der Waals surface area contributed by atoms with Crippen molar-refractivity contribution in [2.45, 2.75) is 51.2 Å². The minimum Gasteiger partial charge on any atom is -0.488 e. The van der Waals surface area contributed by atoms with Gasteiger partial charge in [-0.05, 0) is 51.1 Å². The minimum atomic E-state index is -3.86. The summed E-state index contributed by atoms with van der Waals surface area (Å²) >= 11 is 0. The number of hydrogen-bond acceptors (Lipinski definition) is 8. The molecular formula is C29H37N5O7S. The van der Waals surface area contributed by atoms with Crippen molar-refractivity contribution in [2.24, 2.45) is 5.92 Å². The van der Waals surface area contributed by atoms with Gasteiger partial charge >= 0.3 is 6.03 Å². The van der Waals surface area contributed by atoms with Crippen molar-refractivity contribution in [1.82, 2.24) is 15.0 Å². The molecule has 3 atom stereocenters. The Morgan fingerprint density at radius 1 is 1.21 bits per heavy atom. The van der Waals surface area contributed by atoms with E-state index in [1.54, 1.807) is 69.1 Å². The first-order valence-corrected chi connectivity index (χ1v) is 15.1. The standard InChI is InChI=1S/C29H37N5O7S/c1-18-15-34(19(2)17-35)27(36)14-22-13-23(32-42(38,39)24-9-7-6-8-10-24)11-12-25(22)40-26(18)16-33(5)29(37)30-28-20(3)31-41-21(28)4/h6-13,18-19,26,32,35H,14-17H2,1-5H3,(H,30,37)/t18-,19+,26-/m1/s1. The molecule has 13 heteroatoms. The zero-order valence-electron chi connectivity index (χ0n) is 24.3. The van der Waals surface area contributed by atoms with Crippen molar-refractivity contribution in [2.75, 3.05) is 36.8 Å². The normalized spacial score (nSPS) is 18.1. The number of anilines is 2. The molecule has 0 spiro atoms. The van der Waals surface area contributed by atoms with Crippen LogP contribution in [0.15, 0.2) is 57.9 Å².